The number of urea groups is 2. The summed E-state index contributed by atoms with van der Waals surface area (Å²) in [6.07, 6.45) is 1.67. The molecule has 1 aromatic carbocycles. The molecule has 2 unspecified atom stereocenters. The van der Waals surface area contributed by atoms with Crippen LogP contribution in [0.3, 0.4) is 0 Å². The van der Waals surface area contributed by atoms with Gasteiger partial charge in [0.1, 0.15) is 5.82 Å². The van der Waals surface area contributed by atoms with E-state index in [4.69, 9.17) is 11.6 Å². The minimum atomic E-state index is -0.544. The fourth-order valence-corrected chi connectivity index (χ4v) is 3.73. The van der Waals surface area contributed by atoms with Crippen LogP contribution in [0.15, 0.2) is 24.4 Å². The first kappa shape index (κ1) is 18.5. The molecule has 2 aliphatic heterocycles. The van der Waals surface area contributed by atoms with Gasteiger partial charge in [0.15, 0.2) is 0 Å². The van der Waals surface area contributed by atoms with Gasteiger partial charge in [0.25, 0.3) is 0 Å². The van der Waals surface area contributed by atoms with Crippen molar-refractivity contribution >= 4 is 35.0 Å². The third kappa shape index (κ3) is 3.26. The number of hydrogen-bond donors (Lipinski definition) is 2. The van der Waals surface area contributed by atoms with Crippen LogP contribution in [0.4, 0.5) is 25.4 Å². The molecule has 0 radical (unpaired) electrons. The predicted molar refractivity (Wildman–Crippen MR) is 103 cm³/mol. The molecule has 8 nitrogen and oxygen atoms in total. The number of aromatic nitrogens is 2. The number of hydrogen-bond acceptors (Lipinski definition) is 3. The van der Waals surface area contributed by atoms with E-state index in [0.717, 1.165) is 5.69 Å². The van der Waals surface area contributed by atoms with E-state index < -0.39 is 5.82 Å². The lowest BCUT2D eigenvalue weighted by molar-refractivity contribution is 0.161. The summed E-state index contributed by atoms with van der Waals surface area (Å²) >= 11 is 5.79. The number of amides is 4. The molecule has 0 aliphatic carbocycles. The van der Waals surface area contributed by atoms with Gasteiger partial charge in [-0.2, -0.15) is 5.10 Å². The van der Waals surface area contributed by atoms with Crippen molar-refractivity contribution in [3.8, 4) is 0 Å². The number of fused-ring (bicyclic) bond motifs is 1. The van der Waals surface area contributed by atoms with Gasteiger partial charge >= 0.3 is 12.1 Å². The van der Waals surface area contributed by atoms with Gasteiger partial charge in [-0.15, -0.1) is 0 Å². The Morgan fingerprint density at radius 3 is 2.82 bits per heavy atom. The maximum Gasteiger partial charge on any atom is 0.322 e. The molecule has 4 rings (SSSR count). The quantitative estimate of drug-likeness (QED) is 0.804. The van der Waals surface area contributed by atoms with E-state index >= 15 is 0 Å². The van der Waals surface area contributed by atoms with E-state index in [2.05, 4.69) is 15.7 Å². The third-order valence-corrected chi connectivity index (χ3v) is 5.30. The average Bonchev–Trinajstić information content (AvgIpc) is 3.19. The largest absolute Gasteiger partial charge is 0.333 e. The fourth-order valence-electron chi connectivity index (χ4n) is 3.55. The normalized spacial score (nSPS) is 21.5. The number of anilines is 2. The van der Waals surface area contributed by atoms with Crippen LogP contribution < -0.4 is 15.5 Å². The molecule has 4 amide bonds. The Morgan fingerprint density at radius 2 is 2.14 bits per heavy atom. The van der Waals surface area contributed by atoms with Crippen molar-refractivity contribution < 1.29 is 14.0 Å². The van der Waals surface area contributed by atoms with Crippen LogP contribution in [0.1, 0.15) is 19.5 Å². The molecule has 0 spiro atoms. The topological polar surface area (TPSA) is 82.5 Å². The zero-order valence-electron chi connectivity index (χ0n) is 15.4. The molecule has 2 aliphatic rings. The van der Waals surface area contributed by atoms with Crippen LogP contribution in [0.2, 0.25) is 5.02 Å². The van der Waals surface area contributed by atoms with Gasteiger partial charge in [0.2, 0.25) is 0 Å². The van der Waals surface area contributed by atoms with Crippen molar-refractivity contribution in [2.75, 3.05) is 16.8 Å². The molecule has 28 heavy (non-hydrogen) atoms. The van der Waals surface area contributed by atoms with Crippen LogP contribution in [0, 0.1) is 5.82 Å². The number of halogens is 2. The second-order valence-electron chi connectivity index (χ2n) is 7.16. The first-order valence-corrected chi connectivity index (χ1v) is 9.36. The minimum absolute atomic E-state index is 0.0493. The Bertz CT molecular complexity index is 948. The molecule has 1 fully saturated rings. The van der Waals surface area contributed by atoms with Crippen LogP contribution in [-0.4, -0.2) is 45.4 Å². The van der Waals surface area contributed by atoms with E-state index in [1.54, 1.807) is 16.0 Å². The van der Waals surface area contributed by atoms with Gasteiger partial charge in [0.05, 0.1) is 41.7 Å². The number of nitrogens with one attached hydrogen (secondary N) is 2. The van der Waals surface area contributed by atoms with Crippen LogP contribution in [0.25, 0.3) is 0 Å². The number of carbonyl (C=O) groups excluding carboxylic acids is 2. The Kier molecular flexibility index (Phi) is 4.62. The molecule has 2 atom stereocenters. The molecule has 148 valence electrons. The molecule has 3 heterocycles. The molecule has 2 aromatic rings. The lowest BCUT2D eigenvalue weighted by Gasteiger charge is -2.34. The van der Waals surface area contributed by atoms with Gasteiger partial charge in [0, 0.05) is 18.3 Å². The Hall–Kier alpha value is -2.81. The lowest BCUT2D eigenvalue weighted by atomic mass is 10.2. The van der Waals surface area contributed by atoms with Crippen molar-refractivity contribution in [3.63, 3.8) is 0 Å². The van der Waals surface area contributed by atoms with Crippen molar-refractivity contribution in [1.29, 1.82) is 0 Å². The average molecular weight is 407 g/mol. The second-order valence-corrected chi connectivity index (χ2v) is 7.56. The number of benzene rings is 1. The summed E-state index contributed by atoms with van der Waals surface area (Å²) in [5.74, 6) is -0.544. The SMILES string of the molecule is CC1CN(c2cnn3c2CN(C(=O)Nc2ccc(F)c(Cl)c2)C(C)C3)C(=O)N1. The summed E-state index contributed by atoms with van der Waals surface area (Å²) in [5.41, 5.74) is 1.92. The summed E-state index contributed by atoms with van der Waals surface area (Å²) in [7, 11) is 0. The molecular weight excluding hydrogens is 387 g/mol. The van der Waals surface area contributed by atoms with Crippen molar-refractivity contribution in [2.24, 2.45) is 0 Å². The standard InChI is InChI=1S/C18H20ClFN6O2/c1-10-7-25(17(27)22-10)15-6-21-26-8-11(2)24(9-16(15)26)18(28)23-12-3-4-14(20)13(19)5-12/h3-6,10-11H,7-9H2,1-2H3,(H,22,27)(H,23,28). The van der Waals surface area contributed by atoms with E-state index in [-0.39, 0.29) is 29.2 Å². The predicted octanol–water partition coefficient (Wildman–Crippen LogP) is 3.03. The van der Waals surface area contributed by atoms with Crippen molar-refractivity contribution in [2.45, 2.75) is 39.0 Å². The molecule has 2 N–H and O–H groups in total. The van der Waals surface area contributed by atoms with Crippen molar-refractivity contribution in [3.05, 3.63) is 40.9 Å². The molecule has 0 saturated carbocycles. The lowest BCUT2D eigenvalue weighted by Crippen LogP contribution is -2.47. The molecule has 1 aromatic heterocycles. The van der Waals surface area contributed by atoms with Gasteiger partial charge < -0.3 is 15.5 Å². The third-order valence-electron chi connectivity index (χ3n) is 5.01. The summed E-state index contributed by atoms with van der Waals surface area (Å²) < 4.78 is 15.2. The molecule has 0 bridgehead atoms. The Morgan fingerprint density at radius 1 is 1.36 bits per heavy atom. The number of rotatable bonds is 2. The van der Waals surface area contributed by atoms with Crippen LogP contribution in [-0.2, 0) is 13.1 Å². The molecular formula is C18H20ClFN6O2. The molecule has 1 saturated heterocycles. The first-order chi connectivity index (χ1) is 13.3. The van der Waals surface area contributed by atoms with Crippen LogP contribution >= 0.6 is 11.6 Å². The Labute approximate surface area is 166 Å². The van der Waals surface area contributed by atoms with E-state index in [9.17, 15) is 14.0 Å². The minimum Gasteiger partial charge on any atom is -0.333 e. The highest BCUT2D eigenvalue weighted by molar-refractivity contribution is 6.31. The number of nitrogens with zero attached hydrogens (tertiary/aromatic N) is 4. The highest BCUT2D eigenvalue weighted by atomic mass is 35.5. The van der Waals surface area contributed by atoms with E-state index in [0.29, 0.717) is 31.0 Å². The summed E-state index contributed by atoms with van der Waals surface area (Å²) in [6.45, 7) is 5.22. The van der Waals surface area contributed by atoms with Crippen molar-refractivity contribution in [1.82, 2.24) is 20.0 Å². The highest BCUT2D eigenvalue weighted by Gasteiger charge is 2.35. The highest BCUT2D eigenvalue weighted by Crippen LogP contribution is 2.29. The summed E-state index contributed by atoms with van der Waals surface area (Å²) in [6, 6.07) is 3.48. The van der Waals surface area contributed by atoms with E-state index in [1.165, 1.54) is 18.2 Å². The Balaban J connectivity index is 1.55. The van der Waals surface area contributed by atoms with Gasteiger partial charge in [-0.1, -0.05) is 11.6 Å². The maximum absolute atomic E-state index is 13.3. The van der Waals surface area contributed by atoms with E-state index in [1.807, 2.05) is 18.5 Å². The second kappa shape index (κ2) is 6.97. The zero-order valence-corrected chi connectivity index (χ0v) is 16.2. The first-order valence-electron chi connectivity index (χ1n) is 8.99. The monoisotopic (exact) mass is 406 g/mol. The molecule has 10 heteroatoms. The number of carbonyl (C=O) groups is 2. The van der Waals surface area contributed by atoms with Gasteiger partial charge in [-0.25, -0.2) is 14.0 Å². The van der Waals surface area contributed by atoms with Gasteiger partial charge in [-0.3, -0.25) is 9.58 Å². The summed E-state index contributed by atoms with van der Waals surface area (Å²) in [5, 5.41) is 9.94. The zero-order chi connectivity index (χ0) is 20.0. The maximum atomic E-state index is 13.3. The smallest absolute Gasteiger partial charge is 0.322 e. The van der Waals surface area contributed by atoms with Crippen LogP contribution in [0.5, 0.6) is 0 Å². The fraction of sp³-hybridized carbons (Fsp3) is 0.389. The summed E-state index contributed by atoms with van der Waals surface area (Å²) in [4.78, 5) is 28.3. The van der Waals surface area contributed by atoms with Gasteiger partial charge in [-0.05, 0) is 32.0 Å².